The van der Waals surface area contributed by atoms with E-state index < -0.39 is 0 Å². The summed E-state index contributed by atoms with van der Waals surface area (Å²) in [6.07, 6.45) is 11.0. The van der Waals surface area contributed by atoms with Crippen molar-refractivity contribution in [3.8, 4) is 11.6 Å². The Morgan fingerprint density at radius 2 is 1.83 bits per heavy atom. The highest BCUT2D eigenvalue weighted by Gasteiger charge is 2.16. The van der Waals surface area contributed by atoms with Gasteiger partial charge in [-0.2, -0.15) is 0 Å². The fourth-order valence-corrected chi connectivity index (χ4v) is 2.66. The zero-order valence-electron chi connectivity index (χ0n) is 13.9. The molecule has 1 amide bonds. The van der Waals surface area contributed by atoms with Gasteiger partial charge in [0.25, 0.3) is 0 Å². The van der Waals surface area contributed by atoms with Crippen LogP contribution in [0.2, 0.25) is 0 Å². The van der Waals surface area contributed by atoms with Gasteiger partial charge in [-0.25, -0.2) is 15.0 Å². The van der Waals surface area contributed by atoms with E-state index in [4.69, 9.17) is 0 Å². The number of nitrogens with zero attached hydrogens (tertiary/aromatic N) is 4. The van der Waals surface area contributed by atoms with Crippen LogP contribution in [-0.2, 0) is 11.3 Å². The summed E-state index contributed by atoms with van der Waals surface area (Å²) in [6, 6.07) is 1.78. The number of nitrogens with one attached hydrogen (secondary N) is 1. The second kappa shape index (κ2) is 9.02. The smallest absolute Gasteiger partial charge is 0.223 e. The summed E-state index contributed by atoms with van der Waals surface area (Å²) in [4.78, 5) is 25.0. The predicted molar refractivity (Wildman–Crippen MR) is 89.6 cm³/mol. The lowest BCUT2D eigenvalue weighted by Gasteiger charge is -2.15. The molecule has 6 heteroatoms. The van der Waals surface area contributed by atoms with Crippen molar-refractivity contribution in [2.75, 3.05) is 6.54 Å². The Hall–Kier alpha value is -2.24. The summed E-state index contributed by atoms with van der Waals surface area (Å²) >= 11 is 0. The molecule has 23 heavy (non-hydrogen) atoms. The molecule has 6 nitrogen and oxygen atoms in total. The number of carbonyl (C=O) groups excluding carboxylic acids is 1. The van der Waals surface area contributed by atoms with Gasteiger partial charge in [-0.15, -0.1) is 0 Å². The zero-order chi connectivity index (χ0) is 16.5. The maximum atomic E-state index is 12.2. The third-order valence-electron chi connectivity index (χ3n) is 3.78. The molecule has 0 saturated heterocycles. The minimum absolute atomic E-state index is 0.129. The van der Waals surface area contributed by atoms with Crippen molar-refractivity contribution in [1.82, 2.24) is 24.8 Å². The van der Waals surface area contributed by atoms with Crippen molar-refractivity contribution in [2.24, 2.45) is 5.92 Å². The molecule has 2 rings (SSSR count). The van der Waals surface area contributed by atoms with Crippen LogP contribution >= 0.6 is 0 Å². The average Bonchev–Trinajstić information content (AvgIpc) is 3.04. The third-order valence-corrected chi connectivity index (χ3v) is 3.78. The Labute approximate surface area is 137 Å². The number of hydrogen-bond donors (Lipinski definition) is 1. The van der Waals surface area contributed by atoms with E-state index in [9.17, 15) is 4.79 Å². The lowest BCUT2D eigenvalue weighted by molar-refractivity contribution is -0.125. The minimum Gasteiger partial charge on any atom is -0.354 e. The van der Waals surface area contributed by atoms with Crippen LogP contribution in [0.3, 0.4) is 0 Å². The molecule has 0 aromatic carbocycles. The molecule has 0 unspecified atom stereocenters. The molecule has 2 aromatic rings. The first-order valence-corrected chi connectivity index (χ1v) is 8.32. The number of amides is 1. The van der Waals surface area contributed by atoms with Gasteiger partial charge in [0.05, 0.1) is 0 Å². The van der Waals surface area contributed by atoms with E-state index >= 15 is 0 Å². The lowest BCUT2D eigenvalue weighted by atomic mass is 9.97. The van der Waals surface area contributed by atoms with E-state index in [1.54, 1.807) is 24.7 Å². The Kier molecular flexibility index (Phi) is 6.72. The summed E-state index contributed by atoms with van der Waals surface area (Å²) in [7, 11) is 0. The van der Waals surface area contributed by atoms with Gasteiger partial charge in [0, 0.05) is 43.8 Å². The van der Waals surface area contributed by atoms with Crippen molar-refractivity contribution in [1.29, 1.82) is 0 Å². The van der Waals surface area contributed by atoms with Crippen LogP contribution in [-0.4, -0.2) is 32.0 Å². The van der Waals surface area contributed by atoms with Gasteiger partial charge in [-0.3, -0.25) is 4.79 Å². The largest absolute Gasteiger partial charge is 0.354 e. The molecule has 2 heterocycles. The lowest BCUT2D eigenvalue weighted by Crippen LogP contribution is -2.33. The fourth-order valence-electron chi connectivity index (χ4n) is 2.66. The molecule has 2 aromatic heterocycles. The molecule has 0 fully saturated rings. The van der Waals surface area contributed by atoms with Crippen LogP contribution in [0.1, 0.15) is 39.5 Å². The van der Waals surface area contributed by atoms with Gasteiger partial charge in [-0.05, 0) is 18.9 Å². The fraction of sp³-hybridized carbons (Fsp3) is 0.529. The van der Waals surface area contributed by atoms with E-state index in [-0.39, 0.29) is 11.8 Å². The van der Waals surface area contributed by atoms with Crippen molar-refractivity contribution in [3.05, 3.63) is 30.9 Å². The molecular weight excluding hydrogens is 290 g/mol. The van der Waals surface area contributed by atoms with Crippen LogP contribution in [0.5, 0.6) is 0 Å². The number of rotatable bonds is 9. The summed E-state index contributed by atoms with van der Waals surface area (Å²) in [5.74, 6) is 1.60. The highest BCUT2D eigenvalue weighted by atomic mass is 16.1. The van der Waals surface area contributed by atoms with Crippen LogP contribution in [0.15, 0.2) is 30.9 Å². The summed E-state index contributed by atoms with van der Waals surface area (Å²) in [5.41, 5.74) is 0. The number of hydrogen-bond acceptors (Lipinski definition) is 4. The average molecular weight is 315 g/mol. The van der Waals surface area contributed by atoms with Crippen LogP contribution in [0, 0.1) is 5.92 Å². The quantitative estimate of drug-likeness (QED) is 0.772. The van der Waals surface area contributed by atoms with Gasteiger partial charge in [0.15, 0.2) is 11.6 Å². The minimum atomic E-state index is 0.129. The summed E-state index contributed by atoms with van der Waals surface area (Å²) < 4.78 is 1.96. The molecule has 0 bridgehead atoms. The second-order valence-corrected chi connectivity index (χ2v) is 5.58. The molecular formula is C17H25N5O. The van der Waals surface area contributed by atoms with E-state index in [2.05, 4.69) is 34.1 Å². The normalized spacial score (nSPS) is 10.9. The SMILES string of the molecule is CCCC(CCC)C(=O)NCCn1ccnc1-c1ncccn1. The van der Waals surface area contributed by atoms with Gasteiger partial charge >= 0.3 is 0 Å². The van der Waals surface area contributed by atoms with Crippen molar-refractivity contribution in [3.63, 3.8) is 0 Å². The topological polar surface area (TPSA) is 72.7 Å². The highest BCUT2D eigenvalue weighted by Crippen LogP contribution is 2.14. The predicted octanol–water partition coefficient (Wildman–Crippen LogP) is 2.67. The standard InChI is InChI=1S/C17H25N5O/c1-3-6-14(7-4-2)17(23)21-11-13-22-12-10-20-16(22)15-18-8-5-9-19-15/h5,8-10,12,14H,3-4,6-7,11,13H2,1-2H3,(H,21,23). The Bertz CT molecular complexity index is 590. The Balaban J connectivity index is 1.90. The maximum absolute atomic E-state index is 12.2. The van der Waals surface area contributed by atoms with Crippen molar-refractivity contribution < 1.29 is 4.79 Å². The highest BCUT2D eigenvalue weighted by molar-refractivity contribution is 5.78. The third kappa shape index (κ3) is 4.87. The van der Waals surface area contributed by atoms with Crippen LogP contribution in [0.25, 0.3) is 11.6 Å². The molecule has 0 aliphatic rings. The molecule has 0 radical (unpaired) electrons. The molecule has 0 spiro atoms. The van der Waals surface area contributed by atoms with E-state index in [0.717, 1.165) is 31.5 Å². The molecule has 0 aliphatic carbocycles. The van der Waals surface area contributed by atoms with Gasteiger partial charge in [-0.1, -0.05) is 26.7 Å². The van der Waals surface area contributed by atoms with Crippen molar-refractivity contribution in [2.45, 2.75) is 46.1 Å². The number of imidazole rings is 1. The van der Waals surface area contributed by atoms with Gasteiger partial charge in [0.1, 0.15) is 0 Å². The second-order valence-electron chi connectivity index (χ2n) is 5.58. The monoisotopic (exact) mass is 315 g/mol. The summed E-state index contributed by atoms with van der Waals surface area (Å²) in [5, 5.41) is 3.04. The maximum Gasteiger partial charge on any atom is 0.223 e. The zero-order valence-corrected chi connectivity index (χ0v) is 13.9. The van der Waals surface area contributed by atoms with Gasteiger partial charge < -0.3 is 9.88 Å². The number of aromatic nitrogens is 4. The number of carbonyl (C=O) groups is 1. The first kappa shape index (κ1) is 17.1. The Morgan fingerprint density at radius 3 is 2.48 bits per heavy atom. The molecule has 1 N–H and O–H groups in total. The first-order valence-electron chi connectivity index (χ1n) is 8.32. The molecule has 0 saturated carbocycles. The van der Waals surface area contributed by atoms with Crippen LogP contribution < -0.4 is 5.32 Å². The Morgan fingerprint density at radius 1 is 1.13 bits per heavy atom. The molecule has 0 aliphatic heterocycles. The van der Waals surface area contributed by atoms with Gasteiger partial charge in [0.2, 0.25) is 5.91 Å². The van der Waals surface area contributed by atoms with E-state index in [0.29, 0.717) is 18.9 Å². The molecule has 0 atom stereocenters. The van der Waals surface area contributed by atoms with Crippen molar-refractivity contribution >= 4 is 5.91 Å². The summed E-state index contributed by atoms with van der Waals surface area (Å²) in [6.45, 7) is 5.48. The molecule has 124 valence electrons. The van der Waals surface area contributed by atoms with Crippen LogP contribution in [0.4, 0.5) is 0 Å². The van der Waals surface area contributed by atoms with E-state index in [1.165, 1.54) is 0 Å². The first-order chi connectivity index (χ1) is 11.3. The van der Waals surface area contributed by atoms with E-state index in [1.807, 2.05) is 10.8 Å².